The molecule has 1 aliphatic heterocycles. The third kappa shape index (κ3) is 4.01. The smallest absolute Gasteiger partial charge is 0.149 e. The summed E-state index contributed by atoms with van der Waals surface area (Å²) in [6.45, 7) is 4.03. The Morgan fingerprint density at radius 2 is 2.00 bits per heavy atom. The molecule has 1 heterocycles. The lowest BCUT2D eigenvalue weighted by Gasteiger charge is -2.07. The molecule has 0 bridgehead atoms. The second-order valence-electron chi connectivity index (χ2n) is 5.67. The Kier molecular flexibility index (Phi) is 5.06. The van der Waals surface area contributed by atoms with Crippen LogP contribution in [0.2, 0.25) is 0 Å². The van der Waals surface area contributed by atoms with E-state index in [2.05, 4.69) is 35.4 Å². The van der Waals surface area contributed by atoms with Gasteiger partial charge in [-0.25, -0.2) is 4.39 Å². The fourth-order valence-corrected chi connectivity index (χ4v) is 3.53. The van der Waals surface area contributed by atoms with Crippen molar-refractivity contribution in [1.29, 1.82) is 0 Å². The lowest BCUT2D eigenvalue weighted by atomic mass is 10.1. The van der Waals surface area contributed by atoms with Gasteiger partial charge in [0.1, 0.15) is 11.7 Å². The van der Waals surface area contributed by atoms with Crippen molar-refractivity contribution in [2.75, 3.05) is 0 Å². The zero-order valence-corrected chi connectivity index (χ0v) is 14.8. The summed E-state index contributed by atoms with van der Waals surface area (Å²) in [4.78, 5) is 5.95. The van der Waals surface area contributed by atoms with E-state index >= 15 is 0 Å². The van der Waals surface area contributed by atoms with Gasteiger partial charge in [0, 0.05) is 22.2 Å². The van der Waals surface area contributed by atoms with E-state index in [1.54, 1.807) is 6.07 Å². The summed E-state index contributed by atoms with van der Waals surface area (Å²) < 4.78 is 13.4. The van der Waals surface area contributed by atoms with Gasteiger partial charge in [-0.15, -0.1) is 0 Å². The van der Waals surface area contributed by atoms with Gasteiger partial charge in [-0.3, -0.25) is 0 Å². The minimum absolute atomic E-state index is 0.249. The number of aryl methyl sites for hydroxylation is 1. The van der Waals surface area contributed by atoms with E-state index < -0.39 is 0 Å². The quantitative estimate of drug-likeness (QED) is 0.614. The fraction of sp³-hybridized carbons (Fsp3) is 0.0952. The molecule has 25 heavy (non-hydrogen) atoms. The summed E-state index contributed by atoms with van der Waals surface area (Å²) >= 11 is 1.49. The SMILES string of the molecule is C#CN=C1NC(c2cccc(C)c2)=C/C1=C(/C)Sc1cccc(F)c1. The highest BCUT2D eigenvalue weighted by Gasteiger charge is 2.20. The van der Waals surface area contributed by atoms with Crippen LogP contribution in [-0.2, 0) is 0 Å². The highest BCUT2D eigenvalue weighted by atomic mass is 32.2. The van der Waals surface area contributed by atoms with E-state index in [9.17, 15) is 4.39 Å². The van der Waals surface area contributed by atoms with Crippen LogP contribution in [0.25, 0.3) is 5.70 Å². The van der Waals surface area contributed by atoms with E-state index in [1.165, 1.54) is 29.5 Å². The molecule has 1 N–H and O–H groups in total. The number of rotatable bonds is 3. The maximum atomic E-state index is 13.4. The molecule has 124 valence electrons. The summed E-state index contributed by atoms with van der Waals surface area (Å²) in [6.07, 6.45) is 7.41. The molecule has 0 fully saturated rings. The molecule has 1 aliphatic rings. The molecule has 2 aromatic carbocycles. The average Bonchev–Trinajstić information content (AvgIpc) is 2.99. The largest absolute Gasteiger partial charge is 0.339 e. The van der Waals surface area contributed by atoms with Crippen molar-refractivity contribution in [1.82, 2.24) is 5.32 Å². The van der Waals surface area contributed by atoms with Crippen LogP contribution in [0.1, 0.15) is 18.1 Å². The standard InChI is InChI=1S/C21H17FN2S/c1-4-23-21-19(15(3)25-18-10-6-9-17(22)12-18)13-20(24-21)16-8-5-7-14(2)11-16/h1,5-13H,2-3H3,(H,23,24)/b19-15+. The van der Waals surface area contributed by atoms with Crippen molar-refractivity contribution in [2.45, 2.75) is 18.7 Å². The minimum Gasteiger partial charge on any atom is -0.339 e. The highest BCUT2D eigenvalue weighted by Crippen LogP contribution is 2.33. The summed E-state index contributed by atoms with van der Waals surface area (Å²) in [5, 5.41) is 3.29. The molecule has 0 aromatic heterocycles. The number of hydrogen-bond acceptors (Lipinski definition) is 2. The number of aliphatic imine (C=N–C) groups is 1. The number of hydrogen-bond donors (Lipinski definition) is 1. The number of halogens is 1. The van der Waals surface area contributed by atoms with Crippen LogP contribution in [0.3, 0.4) is 0 Å². The van der Waals surface area contributed by atoms with Gasteiger partial charge in [0.15, 0.2) is 0 Å². The van der Waals surface area contributed by atoms with Crippen molar-refractivity contribution >= 4 is 23.3 Å². The Morgan fingerprint density at radius 3 is 2.72 bits per heavy atom. The first-order valence-corrected chi connectivity index (χ1v) is 8.62. The van der Waals surface area contributed by atoms with Gasteiger partial charge in [0.25, 0.3) is 0 Å². The van der Waals surface area contributed by atoms with Gasteiger partial charge in [-0.1, -0.05) is 48.0 Å². The molecular formula is C21H17FN2S. The first-order chi connectivity index (χ1) is 12.1. The predicted molar refractivity (Wildman–Crippen MR) is 104 cm³/mol. The van der Waals surface area contributed by atoms with Crippen LogP contribution < -0.4 is 5.32 Å². The second kappa shape index (κ2) is 7.42. The van der Waals surface area contributed by atoms with Crippen molar-refractivity contribution in [3.63, 3.8) is 0 Å². The van der Waals surface area contributed by atoms with E-state index in [1.807, 2.05) is 31.2 Å². The first-order valence-electron chi connectivity index (χ1n) is 7.80. The zero-order valence-electron chi connectivity index (χ0n) is 14.0. The first kappa shape index (κ1) is 17.1. The number of nitrogens with zero attached hydrogens (tertiary/aromatic N) is 1. The van der Waals surface area contributed by atoms with Gasteiger partial charge in [0.05, 0.1) is 0 Å². The Bertz CT molecular complexity index is 948. The third-order valence-corrected chi connectivity index (χ3v) is 4.76. The van der Waals surface area contributed by atoms with Gasteiger partial charge in [-0.2, -0.15) is 4.99 Å². The maximum absolute atomic E-state index is 13.4. The monoisotopic (exact) mass is 348 g/mol. The second-order valence-corrected chi connectivity index (χ2v) is 6.96. The van der Waals surface area contributed by atoms with Crippen molar-refractivity contribution in [3.8, 4) is 12.5 Å². The van der Waals surface area contributed by atoms with Crippen LogP contribution in [0.5, 0.6) is 0 Å². The molecule has 0 unspecified atom stereocenters. The van der Waals surface area contributed by atoms with E-state index in [-0.39, 0.29) is 5.82 Å². The van der Waals surface area contributed by atoms with Crippen LogP contribution in [0.4, 0.5) is 4.39 Å². The van der Waals surface area contributed by atoms with Gasteiger partial charge in [-0.05, 0) is 54.7 Å². The van der Waals surface area contributed by atoms with Crippen LogP contribution >= 0.6 is 11.8 Å². The number of thioether (sulfide) groups is 1. The number of allylic oxidation sites excluding steroid dienone is 1. The van der Waals surface area contributed by atoms with Crippen LogP contribution in [0, 0.1) is 25.2 Å². The Balaban J connectivity index is 1.98. The van der Waals surface area contributed by atoms with E-state index in [0.717, 1.165) is 26.6 Å². The summed E-state index contributed by atoms with van der Waals surface area (Å²) in [5.74, 6) is 0.390. The van der Waals surface area contributed by atoms with Gasteiger partial charge >= 0.3 is 0 Å². The van der Waals surface area contributed by atoms with E-state index in [4.69, 9.17) is 6.42 Å². The van der Waals surface area contributed by atoms with Gasteiger partial charge < -0.3 is 5.32 Å². The van der Waals surface area contributed by atoms with Crippen LogP contribution in [-0.4, -0.2) is 5.84 Å². The number of amidine groups is 1. The summed E-state index contributed by atoms with van der Waals surface area (Å²) in [5.41, 5.74) is 4.12. The maximum Gasteiger partial charge on any atom is 0.149 e. The lowest BCUT2D eigenvalue weighted by molar-refractivity contribution is 0.624. The van der Waals surface area contributed by atoms with Crippen molar-refractivity contribution in [3.05, 3.63) is 82.0 Å². The van der Waals surface area contributed by atoms with Crippen molar-refractivity contribution in [2.24, 2.45) is 4.99 Å². The molecule has 0 amide bonds. The van der Waals surface area contributed by atoms with E-state index in [0.29, 0.717) is 5.84 Å². The Labute approximate surface area is 151 Å². The normalized spacial score (nSPS) is 17.0. The number of terminal acetylenes is 1. The molecule has 0 radical (unpaired) electrons. The molecule has 3 rings (SSSR count). The molecule has 0 saturated heterocycles. The lowest BCUT2D eigenvalue weighted by Crippen LogP contribution is -2.17. The third-order valence-electron chi connectivity index (χ3n) is 3.75. The predicted octanol–water partition coefficient (Wildman–Crippen LogP) is 5.13. The molecule has 2 nitrogen and oxygen atoms in total. The zero-order chi connectivity index (χ0) is 17.8. The topological polar surface area (TPSA) is 24.4 Å². The summed E-state index contributed by atoms with van der Waals surface area (Å²) in [6, 6.07) is 17.1. The number of benzene rings is 2. The van der Waals surface area contributed by atoms with Crippen molar-refractivity contribution < 1.29 is 4.39 Å². The molecule has 0 aliphatic carbocycles. The molecule has 2 aromatic rings. The Hall–Kier alpha value is -2.77. The summed E-state index contributed by atoms with van der Waals surface area (Å²) in [7, 11) is 0. The average molecular weight is 348 g/mol. The Morgan fingerprint density at radius 1 is 1.20 bits per heavy atom. The van der Waals surface area contributed by atoms with Crippen LogP contribution in [0.15, 0.2) is 75.0 Å². The molecule has 4 heteroatoms. The fourth-order valence-electron chi connectivity index (χ4n) is 2.60. The molecule has 0 spiro atoms. The molecular weight excluding hydrogens is 331 g/mol. The molecule has 0 atom stereocenters. The minimum atomic E-state index is -0.249. The highest BCUT2D eigenvalue weighted by molar-refractivity contribution is 8.03. The van der Waals surface area contributed by atoms with Gasteiger partial charge in [0.2, 0.25) is 0 Å². The molecule has 0 saturated carbocycles. The number of nitrogens with one attached hydrogen (secondary N) is 1.